The lowest BCUT2D eigenvalue weighted by Crippen LogP contribution is -2.41. The number of aliphatic hydroxyl groups excluding tert-OH is 1. The third-order valence-corrected chi connectivity index (χ3v) is 6.06. The second kappa shape index (κ2) is 10.5. The van der Waals surface area contributed by atoms with Gasteiger partial charge in [-0.05, 0) is 30.9 Å². The number of aromatic nitrogens is 2. The Morgan fingerprint density at radius 3 is 2.86 bits per heavy atom. The number of anilines is 1. The Morgan fingerprint density at radius 1 is 1.29 bits per heavy atom. The summed E-state index contributed by atoms with van der Waals surface area (Å²) in [6.07, 6.45) is 2.21. The molecule has 10 nitrogen and oxygen atoms in total. The van der Waals surface area contributed by atoms with Gasteiger partial charge in [0.1, 0.15) is 5.76 Å². The molecule has 3 aromatic rings. The number of fused-ring (bicyclic) bond motifs is 3. The summed E-state index contributed by atoms with van der Waals surface area (Å²) in [5.41, 5.74) is 3.39. The zero-order valence-corrected chi connectivity index (χ0v) is 20.4. The largest absolute Gasteiger partial charge is 0.394 e. The predicted molar refractivity (Wildman–Crippen MR) is 132 cm³/mol. The molecule has 0 bridgehead atoms. The quantitative estimate of drug-likeness (QED) is 0.312. The van der Waals surface area contributed by atoms with Crippen LogP contribution in [0.4, 0.5) is 10.6 Å². The van der Waals surface area contributed by atoms with Crippen LogP contribution in [0.3, 0.4) is 0 Å². The van der Waals surface area contributed by atoms with Crippen LogP contribution >= 0.6 is 0 Å². The van der Waals surface area contributed by atoms with E-state index in [0.29, 0.717) is 36.7 Å². The van der Waals surface area contributed by atoms with Gasteiger partial charge < -0.3 is 30.0 Å². The standard InChI is InChI=1S/C25H33N5O5/c1-25(2,3)20-14-21(30-35-20)29-24(33)27-15-7-8-19-18(13-15)16-5-4-6-17(22(16)28-19)23(32)26-9-11-34-12-10-31/h4-6,14-15,28,31H,7-13H2,1-3H3,(H,26,32)(H2,27,29,30,33). The summed E-state index contributed by atoms with van der Waals surface area (Å²) in [7, 11) is 0. The second-order valence-corrected chi connectivity index (χ2v) is 9.77. The number of nitrogens with one attached hydrogen (secondary N) is 4. The highest BCUT2D eigenvalue weighted by Gasteiger charge is 2.26. The lowest BCUT2D eigenvalue weighted by molar-refractivity contribution is 0.0839. The lowest BCUT2D eigenvalue weighted by Gasteiger charge is -2.23. The van der Waals surface area contributed by atoms with Crippen LogP contribution in [0.5, 0.6) is 0 Å². The lowest BCUT2D eigenvalue weighted by atomic mass is 9.91. The molecule has 3 amide bonds. The SMILES string of the molecule is CC(C)(C)c1cc(NC(=O)NC2CCc3[nH]c4c(C(=O)NCCOCCO)cccc4c3C2)no1. The molecule has 1 aliphatic carbocycles. The summed E-state index contributed by atoms with van der Waals surface area (Å²) in [6, 6.07) is 7.03. The smallest absolute Gasteiger partial charge is 0.320 e. The number of aryl methyl sites for hydroxylation is 1. The number of rotatable bonds is 8. The number of amides is 3. The fraction of sp³-hybridized carbons (Fsp3) is 0.480. The van der Waals surface area contributed by atoms with Gasteiger partial charge in [0.25, 0.3) is 5.91 Å². The van der Waals surface area contributed by atoms with Crippen molar-refractivity contribution < 1.29 is 24.0 Å². The number of hydrogen-bond donors (Lipinski definition) is 5. The van der Waals surface area contributed by atoms with E-state index >= 15 is 0 Å². The van der Waals surface area contributed by atoms with Gasteiger partial charge in [-0.1, -0.05) is 38.1 Å². The number of nitrogens with zero attached hydrogens (tertiary/aromatic N) is 1. The maximum atomic E-state index is 12.7. The minimum atomic E-state index is -0.324. The van der Waals surface area contributed by atoms with Crippen molar-refractivity contribution in [3.8, 4) is 0 Å². The van der Waals surface area contributed by atoms with Crippen LogP contribution in [0.25, 0.3) is 10.9 Å². The number of benzene rings is 1. The highest BCUT2D eigenvalue weighted by molar-refractivity contribution is 6.06. The van der Waals surface area contributed by atoms with Crippen molar-refractivity contribution in [3.63, 3.8) is 0 Å². The third kappa shape index (κ3) is 5.83. The number of hydrogen-bond acceptors (Lipinski definition) is 6. The zero-order valence-electron chi connectivity index (χ0n) is 20.4. The minimum Gasteiger partial charge on any atom is -0.394 e. The summed E-state index contributed by atoms with van der Waals surface area (Å²) in [5.74, 6) is 0.901. The van der Waals surface area contributed by atoms with Gasteiger partial charge in [-0.25, -0.2) is 4.79 Å². The average Bonchev–Trinajstić information content (AvgIpc) is 3.43. The Morgan fingerprint density at radius 2 is 2.11 bits per heavy atom. The van der Waals surface area contributed by atoms with Crippen molar-refractivity contribution in [2.24, 2.45) is 0 Å². The summed E-state index contributed by atoms with van der Waals surface area (Å²) in [4.78, 5) is 28.7. The van der Waals surface area contributed by atoms with Gasteiger partial charge in [0.05, 0.1) is 30.9 Å². The van der Waals surface area contributed by atoms with Crippen LogP contribution in [-0.4, -0.2) is 59.6 Å². The van der Waals surface area contributed by atoms with E-state index in [0.717, 1.165) is 35.0 Å². The molecule has 2 aromatic heterocycles. The van der Waals surface area contributed by atoms with Crippen LogP contribution in [0, 0.1) is 0 Å². The third-order valence-electron chi connectivity index (χ3n) is 6.06. The number of aliphatic hydroxyl groups is 1. The number of urea groups is 1. The molecule has 1 aliphatic rings. The Hall–Kier alpha value is -3.37. The highest BCUT2D eigenvalue weighted by atomic mass is 16.5. The Kier molecular flexibility index (Phi) is 7.42. The average molecular weight is 484 g/mol. The number of H-pyrrole nitrogens is 1. The molecule has 35 heavy (non-hydrogen) atoms. The molecule has 4 rings (SSSR count). The van der Waals surface area contributed by atoms with Gasteiger partial charge in [-0.2, -0.15) is 0 Å². The van der Waals surface area contributed by atoms with Gasteiger partial charge >= 0.3 is 6.03 Å². The number of carbonyl (C=O) groups is 2. The molecule has 0 fully saturated rings. The molecule has 0 saturated heterocycles. The van der Waals surface area contributed by atoms with Gasteiger partial charge in [-0.15, -0.1) is 0 Å². The first-order valence-electron chi connectivity index (χ1n) is 11.9. The zero-order chi connectivity index (χ0) is 25.0. The summed E-state index contributed by atoms with van der Waals surface area (Å²) < 4.78 is 10.5. The van der Waals surface area contributed by atoms with E-state index in [1.165, 1.54) is 0 Å². The summed E-state index contributed by atoms with van der Waals surface area (Å²) in [5, 5.41) is 22.3. The molecule has 2 heterocycles. The van der Waals surface area contributed by atoms with Crippen molar-refractivity contribution >= 4 is 28.7 Å². The van der Waals surface area contributed by atoms with Gasteiger partial charge in [-0.3, -0.25) is 10.1 Å². The van der Waals surface area contributed by atoms with E-state index in [1.54, 1.807) is 12.1 Å². The number of aromatic amines is 1. The van der Waals surface area contributed by atoms with E-state index in [1.807, 2.05) is 32.9 Å². The first-order valence-corrected chi connectivity index (χ1v) is 11.9. The van der Waals surface area contributed by atoms with E-state index in [9.17, 15) is 9.59 Å². The van der Waals surface area contributed by atoms with E-state index in [4.69, 9.17) is 14.4 Å². The van der Waals surface area contributed by atoms with E-state index in [-0.39, 0.29) is 36.6 Å². The number of carbonyl (C=O) groups excluding carboxylic acids is 2. The normalized spacial score (nSPS) is 15.6. The Labute approximate surface area is 203 Å². The maximum Gasteiger partial charge on any atom is 0.320 e. The fourth-order valence-corrected chi connectivity index (χ4v) is 4.28. The molecule has 188 valence electrons. The topological polar surface area (TPSA) is 142 Å². The maximum absolute atomic E-state index is 12.7. The first-order chi connectivity index (χ1) is 16.8. The van der Waals surface area contributed by atoms with E-state index in [2.05, 4.69) is 26.1 Å². The van der Waals surface area contributed by atoms with Crippen molar-refractivity contribution in [1.29, 1.82) is 0 Å². The molecule has 0 aliphatic heterocycles. The van der Waals surface area contributed by atoms with Crippen LogP contribution < -0.4 is 16.0 Å². The Balaban J connectivity index is 1.40. The fourth-order valence-electron chi connectivity index (χ4n) is 4.28. The molecule has 1 atom stereocenters. The van der Waals surface area contributed by atoms with Crippen molar-refractivity contribution in [3.05, 3.63) is 46.8 Å². The summed E-state index contributed by atoms with van der Waals surface area (Å²) >= 11 is 0. The molecule has 5 N–H and O–H groups in total. The monoisotopic (exact) mass is 483 g/mol. The van der Waals surface area contributed by atoms with Crippen LogP contribution in [0.1, 0.15) is 54.6 Å². The predicted octanol–water partition coefficient (Wildman–Crippen LogP) is 2.87. The molecular formula is C25H33N5O5. The van der Waals surface area contributed by atoms with Gasteiger partial charge in [0.15, 0.2) is 5.82 Å². The molecule has 0 saturated carbocycles. The van der Waals surface area contributed by atoms with Gasteiger partial charge in [0, 0.05) is 35.1 Å². The van der Waals surface area contributed by atoms with Crippen LogP contribution in [0.2, 0.25) is 0 Å². The molecule has 0 spiro atoms. The Bertz CT molecular complexity index is 1190. The molecule has 1 unspecified atom stereocenters. The van der Waals surface area contributed by atoms with Crippen molar-refractivity contribution in [2.75, 3.05) is 31.7 Å². The molecular weight excluding hydrogens is 450 g/mol. The number of ether oxygens (including phenoxy) is 1. The second-order valence-electron chi connectivity index (χ2n) is 9.77. The van der Waals surface area contributed by atoms with Crippen molar-refractivity contribution in [2.45, 2.75) is 51.5 Å². The van der Waals surface area contributed by atoms with Crippen LogP contribution in [0.15, 0.2) is 28.8 Å². The van der Waals surface area contributed by atoms with E-state index < -0.39 is 0 Å². The van der Waals surface area contributed by atoms with Crippen molar-refractivity contribution in [1.82, 2.24) is 20.8 Å². The minimum absolute atomic E-state index is 0.0445. The highest BCUT2D eigenvalue weighted by Crippen LogP contribution is 2.31. The first kappa shape index (κ1) is 24.7. The number of para-hydroxylation sites is 1. The molecule has 10 heteroatoms. The molecule has 1 aromatic carbocycles. The molecule has 0 radical (unpaired) electrons. The van der Waals surface area contributed by atoms with Crippen LogP contribution in [-0.2, 0) is 23.0 Å². The van der Waals surface area contributed by atoms with Gasteiger partial charge in [0.2, 0.25) is 0 Å². The summed E-state index contributed by atoms with van der Waals surface area (Å²) in [6.45, 7) is 6.95.